The lowest BCUT2D eigenvalue weighted by molar-refractivity contribution is 0.0913. The number of carbonyl (C=O) groups excluding carboxylic acids is 1. The van der Waals surface area contributed by atoms with Crippen LogP contribution in [-0.2, 0) is 0 Å². The highest BCUT2D eigenvalue weighted by Crippen LogP contribution is 2.20. The van der Waals surface area contributed by atoms with E-state index in [0.29, 0.717) is 6.42 Å². The zero-order chi connectivity index (χ0) is 12.1. The molecule has 0 spiro atoms. The predicted octanol–water partition coefficient (Wildman–Crippen LogP) is 2.09. The SMILES string of the molecule is CCC(CO)NC(=O)c1cccc(F)c1Br. The molecular weight excluding hydrogens is 277 g/mol. The highest BCUT2D eigenvalue weighted by atomic mass is 79.9. The van der Waals surface area contributed by atoms with Crippen LogP contribution >= 0.6 is 15.9 Å². The minimum atomic E-state index is -0.482. The van der Waals surface area contributed by atoms with Gasteiger partial charge in [0.2, 0.25) is 0 Å². The summed E-state index contributed by atoms with van der Waals surface area (Å²) in [4.78, 5) is 11.7. The van der Waals surface area contributed by atoms with Gasteiger partial charge in [-0.25, -0.2) is 4.39 Å². The third-order valence-corrected chi connectivity index (χ3v) is 3.05. The van der Waals surface area contributed by atoms with Gasteiger partial charge in [-0.1, -0.05) is 13.0 Å². The van der Waals surface area contributed by atoms with Crippen molar-refractivity contribution in [1.29, 1.82) is 0 Å². The van der Waals surface area contributed by atoms with E-state index in [0.717, 1.165) is 0 Å². The molecule has 16 heavy (non-hydrogen) atoms. The molecule has 0 aliphatic heterocycles. The van der Waals surface area contributed by atoms with E-state index in [1.807, 2.05) is 6.92 Å². The molecule has 0 saturated carbocycles. The van der Waals surface area contributed by atoms with Gasteiger partial charge in [-0.2, -0.15) is 0 Å². The minimum Gasteiger partial charge on any atom is -0.394 e. The van der Waals surface area contributed by atoms with Crippen molar-refractivity contribution in [2.45, 2.75) is 19.4 Å². The Balaban J connectivity index is 2.84. The van der Waals surface area contributed by atoms with Gasteiger partial charge in [0, 0.05) is 0 Å². The Kier molecular flexibility index (Phi) is 4.89. The molecule has 0 fully saturated rings. The van der Waals surface area contributed by atoms with E-state index in [2.05, 4.69) is 21.2 Å². The molecule has 5 heteroatoms. The van der Waals surface area contributed by atoms with Crippen LogP contribution in [0.5, 0.6) is 0 Å². The van der Waals surface area contributed by atoms with E-state index in [4.69, 9.17) is 5.11 Å². The molecule has 0 saturated heterocycles. The van der Waals surface area contributed by atoms with Crippen LogP contribution in [0.25, 0.3) is 0 Å². The number of halogens is 2. The number of carbonyl (C=O) groups is 1. The Morgan fingerprint density at radius 2 is 2.31 bits per heavy atom. The first-order valence-electron chi connectivity index (χ1n) is 4.95. The number of aliphatic hydroxyl groups excluding tert-OH is 1. The zero-order valence-electron chi connectivity index (χ0n) is 8.84. The lowest BCUT2D eigenvalue weighted by atomic mass is 10.1. The predicted molar refractivity (Wildman–Crippen MR) is 62.7 cm³/mol. The number of nitrogens with one attached hydrogen (secondary N) is 1. The van der Waals surface area contributed by atoms with Crippen LogP contribution in [0, 0.1) is 5.82 Å². The average molecular weight is 290 g/mol. The van der Waals surface area contributed by atoms with Gasteiger partial charge in [-0.3, -0.25) is 4.79 Å². The summed E-state index contributed by atoms with van der Waals surface area (Å²) in [6, 6.07) is 3.95. The standard InChI is InChI=1S/C11H13BrFNO2/c1-2-7(6-15)14-11(16)8-4-3-5-9(13)10(8)12/h3-5,7,15H,2,6H2,1H3,(H,14,16). The summed E-state index contributed by atoms with van der Waals surface area (Å²) in [7, 11) is 0. The molecule has 3 nitrogen and oxygen atoms in total. The van der Waals surface area contributed by atoms with E-state index >= 15 is 0 Å². The first-order valence-corrected chi connectivity index (χ1v) is 5.75. The van der Waals surface area contributed by atoms with Crippen LogP contribution in [-0.4, -0.2) is 23.7 Å². The van der Waals surface area contributed by atoms with E-state index in [-0.39, 0.29) is 22.7 Å². The molecule has 1 rings (SSSR count). The third kappa shape index (κ3) is 3.02. The molecule has 1 unspecified atom stereocenters. The molecule has 1 aromatic rings. The van der Waals surface area contributed by atoms with Gasteiger partial charge in [0.25, 0.3) is 5.91 Å². The van der Waals surface area contributed by atoms with Gasteiger partial charge in [0.1, 0.15) is 5.82 Å². The molecule has 1 amide bonds. The second-order valence-electron chi connectivity index (χ2n) is 3.36. The summed E-state index contributed by atoms with van der Waals surface area (Å²) in [6.45, 7) is 1.72. The van der Waals surface area contributed by atoms with Crippen LogP contribution in [0.3, 0.4) is 0 Å². The van der Waals surface area contributed by atoms with Crippen LogP contribution in [0.2, 0.25) is 0 Å². The molecular formula is C11H13BrFNO2. The van der Waals surface area contributed by atoms with Crippen molar-refractivity contribution in [3.8, 4) is 0 Å². The molecule has 0 bridgehead atoms. The number of rotatable bonds is 4. The van der Waals surface area contributed by atoms with Crippen LogP contribution in [0.15, 0.2) is 22.7 Å². The maximum atomic E-state index is 13.2. The monoisotopic (exact) mass is 289 g/mol. The van der Waals surface area contributed by atoms with Crippen molar-refractivity contribution in [2.24, 2.45) is 0 Å². The maximum Gasteiger partial charge on any atom is 0.252 e. The number of hydrogen-bond donors (Lipinski definition) is 2. The summed E-state index contributed by atoms with van der Waals surface area (Å²) >= 11 is 3.02. The van der Waals surface area contributed by atoms with Crippen molar-refractivity contribution in [3.05, 3.63) is 34.1 Å². The quantitative estimate of drug-likeness (QED) is 0.892. The van der Waals surface area contributed by atoms with E-state index in [1.165, 1.54) is 18.2 Å². The van der Waals surface area contributed by atoms with Gasteiger partial charge in [-0.15, -0.1) is 0 Å². The van der Waals surface area contributed by atoms with Gasteiger partial charge < -0.3 is 10.4 Å². The minimum absolute atomic E-state index is 0.130. The normalized spacial score (nSPS) is 12.2. The summed E-state index contributed by atoms with van der Waals surface area (Å²) < 4.78 is 13.3. The first kappa shape index (κ1) is 13.1. The molecule has 2 N–H and O–H groups in total. The van der Waals surface area contributed by atoms with Crippen LogP contribution in [0.4, 0.5) is 4.39 Å². The maximum absolute atomic E-state index is 13.2. The highest BCUT2D eigenvalue weighted by molar-refractivity contribution is 9.10. The van der Waals surface area contributed by atoms with E-state index in [9.17, 15) is 9.18 Å². The number of hydrogen-bond acceptors (Lipinski definition) is 2. The Morgan fingerprint density at radius 1 is 1.62 bits per heavy atom. The largest absolute Gasteiger partial charge is 0.394 e. The topological polar surface area (TPSA) is 49.3 Å². The fourth-order valence-electron chi connectivity index (χ4n) is 1.22. The molecule has 0 radical (unpaired) electrons. The zero-order valence-corrected chi connectivity index (χ0v) is 10.4. The Morgan fingerprint density at radius 3 is 2.88 bits per heavy atom. The number of amides is 1. The number of benzene rings is 1. The van der Waals surface area contributed by atoms with Crippen molar-refractivity contribution < 1.29 is 14.3 Å². The van der Waals surface area contributed by atoms with Gasteiger partial charge in [0.05, 0.1) is 22.7 Å². The number of aliphatic hydroxyl groups is 1. The molecule has 88 valence electrons. The summed E-state index contributed by atoms with van der Waals surface area (Å²) in [5.74, 6) is -0.878. The molecule has 0 aliphatic rings. The summed E-state index contributed by atoms with van der Waals surface area (Å²) in [6.07, 6.45) is 0.620. The van der Waals surface area contributed by atoms with Crippen molar-refractivity contribution >= 4 is 21.8 Å². The van der Waals surface area contributed by atoms with E-state index < -0.39 is 11.7 Å². The lowest BCUT2D eigenvalue weighted by Crippen LogP contribution is -2.37. The van der Waals surface area contributed by atoms with E-state index in [1.54, 1.807) is 0 Å². The Bertz CT molecular complexity index is 380. The smallest absolute Gasteiger partial charge is 0.252 e. The Hall–Kier alpha value is -0.940. The van der Waals surface area contributed by atoms with Gasteiger partial charge >= 0.3 is 0 Å². The van der Waals surface area contributed by atoms with Crippen molar-refractivity contribution in [3.63, 3.8) is 0 Å². The molecule has 1 atom stereocenters. The van der Waals surface area contributed by atoms with Crippen molar-refractivity contribution in [1.82, 2.24) is 5.32 Å². The second-order valence-corrected chi connectivity index (χ2v) is 4.16. The Labute approximate surface area is 102 Å². The van der Waals surface area contributed by atoms with Gasteiger partial charge in [-0.05, 0) is 34.5 Å². The fraction of sp³-hybridized carbons (Fsp3) is 0.364. The summed E-state index contributed by atoms with van der Waals surface area (Å²) in [5, 5.41) is 11.6. The third-order valence-electron chi connectivity index (χ3n) is 2.24. The fourth-order valence-corrected chi connectivity index (χ4v) is 1.66. The average Bonchev–Trinajstić information content (AvgIpc) is 2.29. The first-order chi connectivity index (χ1) is 7.60. The highest BCUT2D eigenvalue weighted by Gasteiger charge is 2.15. The molecule has 0 heterocycles. The summed E-state index contributed by atoms with van der Waals surface area (Å²) in [5.41, 5.74) is 0.229. The second kappa shape index (κ2) is 5.96. The van der Waals surface area contributed by atoms with Crippen LogP contribution in [0.1, 0.15) is 23.7 Å². The molecule has 0 aromatic heterocycles. The van der Waals surface area contributed by atoms with Crippen LogP contribution < -0.4 is 5.32 Å². The van der Waals surface area contributed by atoms with Gasteiger partial charge in [0.15, 0.2) is 0 Å². The molecule has 1 aromatic carbocycles. The lowest BCUT2D eigenvalue weighted by Gasteiger charge is -2.14. The molecule has 0 aliphatic carbocycles. The van der Waals surface area contributed by atoms with Crippen molar-refractivity contribution in [2.75, 3.05) is 6.61 Å².